The van der Waals surface area contributed by atoms with Crippen LogP contribution in [0.15, 0.2) is 12.3 Å². The van der Waals surface area contributed by atoms with E-state index in [1.807, 2.05) is 0 Å². The smallest absolute Gasteiger partial charge is 0.252 e. The fraction of sp³-hybridized carbons (Fsp3) is 0.714. The second kappa shape index (κ2) is 8.06. The Hall–Kier alpha value is -1.17. The van der Waals surface area contributed by atoms with Gasteiger partial charge in [0.25, 0.3) is 5.91 Å². The molecule has 0 aliphatic heterocycles. The third kappa shape index (κ3) is 4.30. The van der Waals surface area contributed by atoms with E-state index in [0.29, 0.717) is 35.5 Å². The molecule has 0 radical (unpaired) electrons. The van der Waals surface area contributed by atoms with Crippen molar-refractivity contribution in [2.24, 2.45) is 23.2 Å². The molecule has 0 aromatic carbocycles. The van der Waals surface area contributed by atoms with Crippen LogP contribution in [0, 0.1) is 23.2 Å². The van der Waals surface area contributed by atoms with E-state index in [0.717, 1.165) is 30.0 Å². The number of carbonyl (C=O) groups excluding carboxylic acids is 1. The second-order valence-electron chi connectivity index (χ2n) is 8.98. The van der Waals surface area contributed by atoms with E-state index in [9.17, 15) is 4.79 Å². The minimum absolute atomic E-state index is 0.0808. The van der Waals surface area contributed by atoms with Crippen LogP contribution in [0.3, 0.4) is 0 Å². The number of halogens is 1. The number of carbonyl (C=O) groups is 1. The molecule has 148 valence electrons. The number of pyridine rings is 1. The van der Waals surface area contributed by atoms with Gasteiger partial charge >= 0.3 is 0 Å². The molecule has 3 N–H and O–H groups in total. The van der Waals surface area contributed by atoms with Crippen LogP contribution in [0.1, 0.15) is 54.6 Å². The largest absolute Gasteiger partial charge is 0.395 e. The highest BCUT2D eigenvalue weighted by Gasteiger charge is 2.50. The van der Waals surface area contributed by atoms with Crippen LogP contribution in [0.5, 0.6) is 0 Å². The van der Waals surface area contributed by atoms with Gasteiger partial charge in [-0.15, -0.1) is 0 Å². The molecule has 1 heterocycles. The number of hydrogen-bond acceptors (Lipinski definition) is 4. The highest BCUT2D eigenvalue weighted by atomic mass is 35.5. The predicted octanol–water partition coefficient (Wildman–Crippen LogP) is 2.81. The lowest BCUT2D eigenvalue weighted by Crippen LogP contribution is -2.51. The Morgan fingerprint density at radius 1 is 1.19 bits per heavy atom. The standard InChI is InChI=1S/C21H30ClN3O2/c22-19-12-24-17(1-2-23-3-4-26)8-18(19)20(27)25-13-21-9-14-5-15(10-21)7-16(6-14)11-21/h8,12,14-16,23,26H,1-7,9-11,13H2,(H,25,27). The monoisotopic (exact) mass is 391 g/mol. The first-order valence-electron chi connectivity index (χ1n) is 10.3. The van der Waals surface area contributed by atoms with E-state index >= 15 is 0 Å². The van der Waals surface area contributed by atoms with Crippen molar-refractivity contribution in [3.63, 3.8) is 0 Å². The lowest BCUT2D eigenvalue weighted by Gasteiger charge is -2.56. The highest BCUT2D eigenvalue weighted by molar-refractivity contribution is 6.33. The fourth-order valence-electron chi connectivity index (χ4n) is 6.08. The van der Waals surface area contributed by atoms with Gasteiger partial charge in [-0.3, -0.25) is 9.78 Å². The molecule has 0 unspecified atom stereocenters. The van der Waals surface area contributed by atoms with Crippen molar-refractivity contribution in [1.29, 1.82) is 0 Å². The van der Waals surface area contributed by atoms with Gasteiger partial charge in [0.2, 0.25) is 0 Å². The van der Waals surface area contributed by atoms with Gasteiger partial charge < -0.3 is 15.7 Å². The van der Waals surface area contributed by atoms with Gasteiger partial charge in [0.15, 0.2) is 0 Å². The quantitative estimate of drug-likeness (QED) is 0.596. The number of rotatable bonds is 8. The van der Waals surface area contributed by atoms with Crippen LogP contribution in [0.2, 0.25) is 5.02 Å². The highest BCUT2D eigenvalue weighted by Crippen LogP contribution is 2.59. The average molecular weight is 392 g/mol. The van der Waals surface area contributed by atoms with Crippen molar-refractivity contribution in [2.75, 3.05) is 26.2 Å². The number of amides is 1. The molecule has 4 saturated carbocycles. The molecule has 1 aromatic rings. The number of aliphatic hydroxyl groups is 1. The normalized spacial score (nSPS) is 31.3. The molecule has 0 spiro atoms. The first kappa shape index (κ1) is 19.2. The zero-order valence-electron chi connectivity index (χ0n) is 15.8. The molecule has 5 nitrogen and oxygen atoms in total. The molecule has 27 heavy (non-hydrogen) atoms. The first-order chi connectivity index (χ1) is 13.1. The molecule has 4 aliphatic carbocycles. The lowest BCUT2D eigenvalue weighted by molar-refractivity contribution is -0.0503. The Labute approximate surface area is 166 Å². The molecule has 1 aromatic heterocycles. The molecule has 0 saturated heterocycles. The summed E-state index contributed by atoms with van der Waals surface area (Å²) < 4.78 is 0. The van der Waals surface area contributed by atoms with Crippen molar-refractivity contribution >= 4 is 17.5 Å². The summed E-state index contributed by atoms with van der Waals surface area (Å²) in [6, 6.07) is 1.80. The van der Waals surface area contributed by atoms with Crippen LogP contribution in [-0.2, 0) is 6.42 Å². The maximum absolute atomic E-state index is 12.8. The molecule has 4 bridgehead atoms. The van der Waals surface area contributed by atoms with Crippen molar-refractivity contribution in [3.8, 4) is 0 Å². The van der Waals surface area contributed by atoms with Crippen LogP contribution >= 0.6 is 11.6 Å². The molecular weight excluding hydrogens is 362 g/mol. The lowest BCUT2D eigenvalue weighted by atomic mass is 9.49. The van der Waals surface area contributed by atoms with Crippen LogP contribution in [0.25, 0.3) is 0 Å². The van der Waals surface area contributed by atoms with Crippen LogP contribution in [0.4, 0.5) is 0 Å². The third-order valence-electron chi connectivity index (χ3n) is 6.79. The van der Waals surface area contributed by atoms with E-state index in [1.54, 1.807) is 12.3 Å². The summed E-state index contributed by atoms with van der Waals surface area (Å²) in [7, 11) is 0. The Morgan fingerprint density at radius 2 is 1.85 bits per heavy atom. The van der Waals surface area contributed by atoms with Gasteiger partial charge in [0.05, 0.1) is 17.2 Å². The SMILES string of the molecule is O=C(NCC12CC3CC(CC(C3)C1)C2)c1cc(CCNCCO)ncc1Cl. The van der Waals surface area contributed by atoms with Gasteiger partial charge in [-0.25, -0.2) is 0 Å². The summed E-state index contributed by atoms with van der Waals surface area (Å²) in [5.74, 6) is 2.57. The van der Waals surface area contributed by atoms with Gasteiger partial charge in [0, 0.05) is 37.9 Å². The maximum Gasteiger partial charge on any atom is 0.252 e. The Morgan fingerprint density at radius 3 is 2.48 bits per heavy atom. The molecule has 5 rings (SSSR count). The van der Waals surface area contributed by atoms with Crippen molar-refractivity contribution in [3.05, 3.63) is 28.5 Å². The number of aliphatic hydroxyl groups excluding tert-OH is 1. The summed E-state index contributed by atoms with van der Waals surface area (Å²) in [6.45, 7) is 2.17. The van der Waals surface area contributed by atoms with Gasteiger partial charge in [-0.1, -0.05) is 11.6 Å². The topological polar surface area (TPSA) is 74.2 Å². The third-order valence-corrected chi connectivity index (χ3v) is 7.09. The Kier molecular flexibility index (Phi) is 5.72. The number of aromatic nitrogens is 1. The summed E-state index contributed by atoms with van der Waals surface area (Å²) in [5, 5.41) is 15.5. The van der Waals surface area contributed by atoms with Crippen LogP contribution in [-0.4, -0.2) is 42.2 Å². The zero-order valence-corrected chi connectivity index (χ0v) is 16.6. The van der Waals surface area contributed by atoms with E-state index < -0.39 is 0 Å². The number of nitrogens with zero attached hydrogens (tertiary/aromatic N) is 1. The minimum atomic E-state index is -0.0808. The Bertz CT molecular complexity index is 659. The molecule has 4 aliphatic rings. The summed E-state index contributed by atoms with van der Waals surface area (Å²) in [6.07, 6.45) is 10.4. The molecule has 1 amide bonds. The molecule has 4 fully saturated rings. The number of hydrogen-bond donors (Lipinski definition) is 3. The van der Waals surface area contributed by atoms with E-state index in [4.69, 9.17) is 16.7 Å². The van der Waals surface area contributed by atoms with Gasteiger partial charge in [-0.05, 0) is 67.8 Å². The average Bonchev–Trinajstić information content (AvgIpc) is 2.63. The first-order valence-corrected chi connectivity index (χ1v) is 10.7. The van der Waals surface area contributed by atoms with Crippen molar-refractivity contribution < 1.29 is 9.90 Å². The Balaban J connectivity index is 1.37. The number of nitrogens with one attached hydrogen (secondary N) is 2. The van der Waals surface area contributed by atoms with E-state index in [2.05, 4.69) is 15.6 Å². The summed E-state index contributed by atoms with van der Waals surface area (Å²) in [4.78, 5) is 17.1. The van der Waals surface area contributed by atoms with E-state index in [-0.39, 0.29) is 12.5 Å². The molecular formula is C21H30ClN3O2. The van der Waals surface area contributed by atoms with Gasteiger partial charge in [-0.2, -0.15) is 0 Å². The van der Waals surface area contributed by atoms with Crippen molar-refractivity contribution in [2.45, 2.75) is 44.9 Å². The van der Waals surface area contributed by atoms with Gasteiger partial charge in [0.1, 0.15) is 0 Å². The molecule has 6 heteroatoms. The predicted molar refractivity (Wildman–Crippen MR) is 106 cm³/mol. The summed E-state index contributed by atoms with van der Waals surface area (Å²) >= 11 is 6.26. The van der Waals surface area contributed by atoms with Crippen LogP contribution < -0.4 is 10.6 Å². The fourth-order valence-corrected chi connectivity index (χ4v) is 6.27. The van der Waals surface area contributed by atoms with E-state index in [1.165, 1.54) is 38.5 Å². The minimum Gasteiger partial charge on any atom is -0.395 e. The maximum atomic E-state index is 12.8. The van der Waals surface area contributed by atoms with Crippen molar-refractivity contribution in [1.82, 2.24) is 15.6 Å². The summed E-state index contributed by atoms with van der Waals surface area (Å²) in [5.41, 5.74) is 1.68. The molecule has 0 atom stereocenters. The zero-order chi connectivity index (χ0) is 18.9. The second-order valence-corrected chi connectivity index (χ2v) is 9.39.